The summed E-state index contributed by atoms with van der Waals surface area (Å²) < 4.78 is 2.58. The van der Waals surface area contributed by atoms with Crippen molar-refractivity contribution in [2.75, 3.05) is 0 Å². The summed E-state index contributed by atoms with van der Waals surface area (Å²) in [6, 6.07) is 48.9. The Morgan fingerprint density at radius 3 is 1.10 bits per heavy atom. The van der Waals surface area contributed by atoms with Crippen molar-refractivity contribution < 1.29 is 0 Å². The Morgan fingerprint density at radius 1 is 0.354 bits per heavy atom. The molecule has 0 aliphatic heterocycles. The zero-order valence-corrected chi connectivity index (χ0v) is 27.4. The quantitative estimate of drug-likeness (QED) is 0.178. The van der Waals surface area contributed by atoms with Crippen LogP contribution < -0.4 is 0 Å². The summed E-state index contributed by atoms with van der Waals surface area (Å²) in [5, 5.41) is 10.0. The molecular formula is C44H26N2S2. The third kappa shape index (κ3) is 4.17. The predicted octanol–water partition coefficient (Wildman–Crippen LogP) is 13.0. The molecule has 0 saturated carbocycles. The molecule has 0 saturated heterocycles. The zero-order chi connectivity index (χ0) is 31.6. The monoisotopic (exact) mass is 646 g/mol. The number of hydrogen-bond donors (Lipinski definition) is 0. The normalized spacial score (nSPS) is 11.8. The minimum atomic E-state index is 1.16. The number of pyridine rings is 2. The fourth-order valence-corrected chi connectivity index (χ4v) is 9.74. The van der Waals surface area contributed by atoms with Gasteiger partial charge in [-0.2, -0.15) is 0 Å². The number of fused-ring (bicyclic) bond motifs is 5. The Labute approximate surface area is 285 Å². The average molecular weight is 647 g/mol. The lowest BCUT2D eigenvalue weighted by Gasteiger charge is -2.24. The van der Waals surface area contributed by atoms with E-state index in [1.807, 2.05) is 47.5 Å². The highest BCUT2D eigenvalue weighted by Gasteiger charge is 2.27. The first-order valence-electron chi connectivity index (χ1n) is 16.1. The highest BCUT2D eigenvalue weighted by molar-refractivity contribution is 7.23. The van der Waals surface area contributed by atoms with Crippen LogP contribution in [0.5, 0.6) is 0 Å². The van der Waals surface area contributed by atoms with Gasteiger partial charge >= 0.3 is 0 Å². The van der Waals surface area contributed by atoms with Gasteiger partial charge in [-0.3, -0.25) is 9.97 Å². The van der Waals surface area contributed by atoms with E-state index in [0.717, 1.165) is 11.1 Å². The van der Waals surface area contributed by atoms with Gasteiger partial charge in [0, 0.05) is 65.8 Å². The van der Waals surface area contributed by atoms with Crippen molar-refractivity contribution in [3.8, 4) is 43.1 Å². The van der Waals surface area contributed by atoms with E-state index in [2.05, 4.69) is 143 Å². The smallest absolute Gasteiger partial charge is 0.0368 e. The average Bonchev–Trinajstić information content (AvgIpc) is 3.78. The van der Waals surface area contributed by atoms with E-state index in [1.54, 1.807) is 0 Å². The largest absolute Gasteiger partial charge is 0.265 e. The molecule has 4 heterocycles. The molecule has 0 N–H and O–H groups in total. The van der Waals surface area contributed by atoms with Crippen molar-refractivity contribution in [3.63, 3.8) is 0 Å². The fraction of sp³-hybridized carbons (Fsp3) is 0. The summed E-state index contributed by atoms with van der Waals surface area (Å²) in [5.41, 5.74) is 7.35. The summed E-state index contributed by atoms with van der Waals surface area (Å²) in [5.74, 6) is 0. The molecule has 0 fully saturated rings. The highest BCUT2D eigenvalue weighted by Crippen LogP contribution is 2.55. The first kappa shape index (κ1) is 27.4. The summed E-state index contributed by atoms with van der Waals surface area (Å²) >= 11 is 3.75. The van der Waals surface area contributed by atoms with E-state index < -0.39 is 0 Å². The van der Waals surface area contributed by atoms with Gasteiger partial charge in [0.2, 0.25) is 0 Å². The molecule has 2 nitrogen and oxygen atoms in total. The van der Waals surface area contributed by atoms with Crippen LogP contribution in [0.15, 0.2) is 158 Å². The highest BCUT2D eigenvalue weighted by atomic mass is 32.1. The predicted molar refractivity (Wildman–Crippen MR) is 207 cm³/mol. The first-order valence-corrected chi connectivity index (χ1v) is 17.7. The Bertz CT molecular complexity index is 2570. The SMILES string of the molecule is c1ccc2sc(-c3c4ccccc4c(-c4cc5ccccc5s4)c4c(-c5ccncc5)c5ccccc5c(-c5ccncc5)c34)cc2c1. The second-order valence-corrected chi connectivity index (χ2v) is 14.3. The summed E-state index contributed by atoms with van der Waals surface area (Å²) in [6.07, 6.45) is 7.67. The minimum Gasteiger partial charge on any atom is -0.265 e. The number of benzene rings is 6. The van der Waals surface area contributed by atoms with E-state index in [4.69, 9.17) is 0 Å². The van der Waals surface area contributed by atoms with E-state index >= 15 is 0 Å². The van der Waals surface area contributed by atoms with E-state index in [1.165, 1.54) is 84.5 Å². The molecule has 48 heavy (non-hydrogen) atoms. The molecule has 6 aromatic carbocycles. The minimum absolute atomic E-state index is 1.16. The Kier molecular flexibility index (Phi) is 6.26. The van der Waals surface area contributed by atoms with Crippen molar-refractivity contribution >= 4 is 75.2 Å². The van der Waals surface area contributed by atoms with Crippen LogP contribution in [0.3, 0.4) is 0 Å². The lowest BCUT2D eigenvalue weighted by molar-refractivity contribution is 1.33. The number of thiophene rings is 2. The second-order valence-electron chi connectivity index (χ2n) is 12.1. The first-order chi connectivity index (χ1) is 23.8. The summed E-state index contributed by atoms with van der Waals surface area (Å²) in [6.45, 7) is 0. The van der Waals surface area contributed by atoms with E-state index in [9.17, 15) is 0 Å². The van der Waals surface area contributed by atoms with Crippen molar-refractivity contribution in [1.82, 2.24) is 9.97 Å². The molecule has 10 aromatic rings. The van der Waals surface area contributed by atoms with Gasteiger partial charge in [-0.05, 0) is 103 Å². The molecule has 0 atom stereocenters. The number of aromatic nitrogens is 2. The van der Waals surface area contributed by atoms with Crippen LogP contribution in [-0.4, -0.2) is 9.97 Å². The number of nitrogens with zero attached hydrogens (tertiary/aromatic N) is 2. The van der Waals surface area contributed by atoms with Crippen molar-refractivity contribution in [1.29, 1.82) is 0 Å². The number of rotatable bonds is 4. The molecule has 0 bridgehead atoms. The van der Waals surface area contributed by atoms with Crippen LogP contribution in [0, 0.1) is 0 Å². The van der Waals surface area contributed by atoms with Gasteiger partial charge in [-0.25, -0.2) is 0 Å². The topological polar surface area (TPSA) is 25.8 Å². The third-order valence-corrected chi connectivity index (χ3v) is 11.7. The van der Waals surface area contributed by atoms with Crippen LogP contribution in [0.25, 0.3) is 95.6 Å². The zero-order valence-electron chi connectivity index (χ0n) is 25.7. The van der Waals surface area contributed by atoms with Gasteiger partial charge in [0.25, 0.3) is 0 Å². The lowest BCUT2D eigenvalue weighted by Crippen LogP contribution is -1.96. The molecule has 0 amide bonds. The standard InChI is InChI=1S/C44H26N2S2/c1-7-15-35-29(9-1)25-37(47-35)41-33-13-5-6-14-34(33)42(38-26-30-10-2-8-16-36(30)48-38)44-40(28-19-23-46-24-20-28)32-12-4-3-11-31(32)39(43(41)44)27-17-21-45-22-18-27/h1-26H. The molecule has 4 heteroatoms. The second kappa shape index (κ2) is 11.0. The van der Waals surface area contributed by atoms with Crippen LogP contribution in [0.2, 0.25) is 0 Å². The molecule has 10 rings (SSSR count). The van der Waals surface area contributed by atoms with Gasteiger partial charge in [0.05, 0.1) is 0 Å². The molecule has 224 valence electrons. The third-order valence-electron chi connectivity index (χ3n) is 9.46. The van der Waals surface area contributed by atoms with Gasteiger partial charge in [-0.15, -0.1) is 22.7 Å². The van der Waals surface area contributed by atoms with Crippen LogP contribution >= 0.6 is 22.7 Å². The Hall–Kier alpha value is -5.68. The summed E-state index contributed by atoms with van der Waals surface area (Å²) in [7, 11) is 0. The molecule has 0 aliphatic carbocycles. The Morgan fingerprint density at radius 2 is 0.708 bits per heavy atom. The van der Waals surface area contributed by atoms with Crippen molar-refractivity contribution in [2.45, 2.75) is 0 Å². The van der Waals surface area contributed by atoms with Crippen LogP contribution in [0.4, 0.5) is 0 Å². The van der Waals surface area contributed by atoms with Crippen LogP contribution in [0.1, 0.15) is 0 Å². The van der Waals surface area contributed by atoms with E-state index in [-0.39, 0.29) is 0 Å². The molecule has 4 aromatic heterocycles. The van der Waals surface area contributed by atoms with E-state index in [0.29, 0.717) is 0 Å². The molecule has 0 radical (unpaired) electrons. The lowest BCUT2D eigenvalue weighted by atomic mass is 9.80. The van der Waals surface area contributed by atoms with Crippen molar-refractivity contribution in [2.24, 2.45) is 0 Å². The maximum Gasteiger partial charge on any atom is 0.0368 e. The molecule has 0 aliphatic rings. The van der Waals surface area contributed by atoms with Gasteiger partial charge in [-0.1, -0.05) is 84.9 Å². The molecule has 0 unspecified atom stereocenters. The van der Waals surface area contributed by atoms with Crippen molar-refractivity contribution in [3.05, 3.63) is 158 Å². The van der Waals surface area contributed by atoms with Gasteiger partial charge in [0.15, 0.2) is 0 Å². The van der Waals surface area contributed by atoms with Gasteiger partial charge < -0.3 is 0 Å². The fourth-order valence-electron chi connectivity index (χ4n) is 7.49. The summed E-state index contributed by atoms with van der Waals surface area (Å²) in [4.78, 5) is 11.4. The maximum atomic E-state index is 4.44. The van der Waals surface area contributed by atoms with Gasteiger partial charge in [0.1, 0.15) is 0 Å². The molecule has 0 spiro atoms. The Balaban J connectivity index is 1.55. The number of hydrogen-bond acceptors (Lipinski definition) is 4. The maximum absolute atomic E-state index is 4.44. The van der Waals surface area contributed by atoms with Crippen LogP contribution in [-0.2, 0) is 0 Å². The molecular weight excluding hydrogens is 621 g/mol.